The summed E-state index contributed by atoms with van der Waals surface area (Å²) in [6.45, 7) is 5.43. The standard InChI is InChI=1S/C15H28O2/c1-11(2)13-6-7-14(16)15(10-13)17-9-8-12-4-3-5-12/h11-16H,3-10H2,1-2H3. The molecule has 0 bridgehead atoms. The van der Waals surface area contributed by atoms with Crippen molar-refractivity contribution < 1.29 is 9.84 Å². The Morgan fingerprint density at radius 3 is 2.53 bits per heavy atom. The van der Waals surface area contributed by atoms with Crippen LogP contribution in [0.5, 0.6) is 0 Å². The van der Waals surface area contributed by atoms with Crippen molar-refractivity contribution in [1.82, 2.24) is 0 Å². The molecule has 2 heteroatoms. The third kappa shape index (κ3) is 3.69. The molecule has 0 radical (unpaired) electrons. The monoisotopic (exact) mass is 240 g/mol. The topological polar surface area (TPSA) is 29.5 Å². The summed E-state index contributed by atoms with van der Waals surface area (Å²) in [5.74, 6) is 2.38. The predicted octanol–water partition coefficient (Wildman–Crippen LogP) is 3.38. The Morgan fingerprint density at radius 2 is 1.94 bits per heavy atom. The molecule has 0 aromatic rings. The molecule has 2 nitrogen and oxygen atoms in total. The first-order chi connectivity index (χ1) is 8.16. The average Bonchev–Trinajstić information content (AvgIpc) is 2.23. The van der Waals surface area contributed by atoms with Crippen LogP contribution in [-0.2, 0) is 4.74 Å². The predicted molar refractivity (Wildman–Crippen MR) is 69.9 cm³/mol. The zero-order valence-corrected chi connectivity index (χ0v) is 11.4. The van der Waals surface area contributed by atoms with Gasteiger partial charge in [0, 0.05) is 6.61 Å². The molecule has 2 aliphatic rings. The fourth-order valence-electron chi connectivity index (χ4n) is 3.10. The molecule has 0 aromatic heterocycles. The summed E-state index contributed by atoms with van der Waals surface area (Å²) >= 11 is 0. The summed E-state index contributed by atoms with van der Waals surface area (Å²) in [7, 11) is 0. The van der Waals surface area contributed by atoms with Gasteiger partial charge in [-0.1, -0.05) is 33.1 Å². The summed E-state index contributed by atoms with van der Waals surface area (Å²) < 4.78 is 5.93. The van der Waals surface area contributed by atoms with Crippen molar-refractivity contribution in [2.45, 2.75) is 71.0 Å². The Bertz CT molecular complexity index is 223. The van der Waals surface area contributed by atoms with Crippen LogP contribution < -0.4 is 0 Å². The van der Waals surface area contributed by atoms with Crippen LogP contribution in [0.15, 0.2) is 0 Å². The van der Waals surface area contributed by atoms with Crippen molar-refractivity contribution in [2.75, 3.05) is 6.61 Å². The maximum Gasteiger partial charge on any atom is 0.0836 e. The second-order valence-corrected chi connectivity index (χ2v) is 6.38. The minimum absolute atomic E-state index is 0.108. The molecule has 3 unspecified atom stereocenters. The molecule has 0 heterocycles. The van der Waals surface area contributed by atoms with Crippen molar-refractivity contribution >= 4 is 0 Å². The lowest BCUT2D eigenvalue weighted by atomic mass is 9.79. The van der Waals surface area contributed by atoms with Crippen molar-refractivity contribution in [3.63, 3.8) is 0 Å². The highest BCUT2D eigenvalue weighted by molar-refractivity contribution is 4.82. The fourth-order valence-corrected chi connectivity index (χ4v) is 3.10. The maximum atomic E-state index is 9.98. The van der Waals surface area contributed by atoms with E-state index in [0.717, 1.165) is 37.2 Å². The summed E-state index contributed by atoms with van der Waals surface area (Å²) in [4.78, 5) is 0. The number of hydrogen-bond acceptors (Lipinski definition) is 2. The second kappa shape index (κ2) is 6.19. The second-order valence-electron chi connectivity index (χ2n) is 6.38. The van der Waals surface area contributed by atoms with E-state index in [1.165, 1.54) is 32.1 Å². The molecule has 0 saturated heterocycles. The quantitative estimate of drug-likeness (QED) is 0.798. The lowest BCUT2D eigenvalue weighted by Crippen LogP contribution is -2.37. The zero-order valence-electron chi connectivity index (χ0n) is 11.4. The lowest BCUT2D eigenvalue weighted by molar-refractivity contribution is -0.0802. The van der Waals surface area contributed by atoms with Crippen LogP contribution in [0, 0.1) is 17.8 Å². The largest absolute Gasteiger partial charge is 0.390 e. The molecule has 2 aliphatic carbocycles. The Labute approximate surface area is 106 Å². The third-order valence-electron chi connectivity index (χ3n) is 4.82. The van der Waals surface area contributed by atoms with E-state index in [-0.39, 0.29) is 12.2 Å². The van der Waals surface area contributed by atoms with Crippen molar-refractivity contribution in [1.29, 1.82) is 0 Å². The number of rotatable bonds is 5. The van der Waals surface area contributed by atoms with Gasteiger partial charge in [0.05, 0.1) is 12.2 Å². The van der Waals surface area contributed by atoms with Crippen LogP contribution in [0.1, 0.15) is 58.8 Å². The first kappa shape index (κ1) is 13.4. The molecule has 0 amide bonds. The van der Waals surface area contributed by atoms with Crippen LogP contribution in [-0.4, -0.2) is 23.9 Å². The molecular formula is C15H28O2. The van der Waals surface area contributed by atoms with Crippen LogP contribution in [0.4, 0.5) is 0 Å². The van der Waals surface area contributed by atoms with E-state index in [1.54, 1.807) is 0 Å². The van der Waals surface area contributed by atoms with Gasteiger partial charge >= 0.3 is 0 Å². The molecule has 2 saturated carbocycles. The molecule has 0 aromatic carbocycles. The number of hydrogen-bond donors (Lipinski definition) is 1. The Hall–Kier alpha value is -0.0800. The van der Waals surface area contributed by atoms with Gasteiger partial charge in [-0.25, -0.2) is 0 Å². The van der Waals surface area contributed by atoms with Crippen LogP contribution in [0.3, 0.4) is 0 Å². The van der Waals surface area contributed by atoms with Gasteiger partial charge in [-0.15, -0.1) is 0 Å². The van der Waals surface area contributed by atoms with Gasteiger partial charge in [-0.05, 0) is 43.4 Å². The highest BCUT2D eigenvalue weighted by Gasteiger charge is 2.31. The van der Waals surface area contributed by atoms with Gasteiger partial charge in [0.1, 0.15) is 0 Å². The van der Waals surface area contributed by atoms with Crippen LogP contribution >= 0.6 is 0 Å². The minimum Gasteiger partial charge on any atom is -0.390 e. The van der Waals surface area contributed by atoms with Gasteiger partial charge in [0.25, 0.3) is 0 Å². The molecular weight excluding hydrogens is 212 g/mol. The summed E-state index contributed by atoms with van der Waals surface area (Å²) in [6, 6.07) is 0. The molecule has 1 N–H and O–H groups in total. The average molecular weight is 240 g/mol. The van der Waals surface area contributed by atoms with Gasteiger partial charge < -0.3 is 9.84 Å². The van der Waals surface area contributed by atoms with E-state index in [4.69, 9.17) is 4.74 Å². The fraction of sp³-hybridized carbons (Fsp3) is 1.00. The molecule has 2 rings (SSSR count). The molecule has 3 atom stereocenters. The van der Waals surface area contributed by atoms with Crippen molar-refractivity contribution in [2.24, 2.45) is 17.8 Å². The van der Waals surface area contributed by atoms with E-state index in [2.05, 4.69) is 13.8 Å². The Morgan fingerprint density at radius 1 is 1.18 bits per heavy atom. The normalized spacial score (nSPS) is 34.9. The van der Waals surface area contributed by atoms with E-state index in [9.17, 15) is 5.11 Å². The zero-order chi connectivity index (χ0) is 12.3. The summed E-state index contributed by atoms with van der Waals surface area (Å²) in [5, 5.41) is 9.98. The van der Waals surface area contributed by atoms with Crippen molar-refractivity contribution in [3.05, 3.63) is 0 Å². The van der Waals surface area contributed by atoms with Crippen LogP contribution in [0.25, 0.3) is 0 Å². The Balaban J connectivity index is 1.69. The highest BCUT2D eigenvalue weighted by Crippen LogP contribution is 2.33. The maximum absolute atomic E-state index is 9.98. The van der Waals surface area contributed by atoms with E-state index in [0.29, 0.717) is 0 Å². The first-order valence-electron chi connectivity index (χ1n) is 7.46. The molecule has 100 valence electrons. The number of ether oxygens (including phenoxy) is 1. The third-order valence-corrected chi connectivity index (χ3v) is 4.82. The molecule has 0 spiro atoms. The van der Waals surface area contributed by atoms with Crippen LogP contribution in [0.2, 0.25) is 0 Å². The Kier molecular flexibility index (Phi) is 4.87. The van der Waals surface area contributed by atoms with Gasteiger partial charge in [-0.3, -0.25) is 0 Å². The molecule has 2 fully saturated rings. The molecule has 0 aliphatic heterocycles. The number of aliphatic hydroxyl groups is 1. The molecule has 17 heavy (non-hydrogen) atoms. The van der Waals surface area contributed by atoms with E-state index >= 15 is 0 Å². The highest BCUT2D eigenvalue weighted by atomic mass is 16.5. The van der Waals surface area contributed by atoms with E-state index < -0.39 is 0 Å². The smallest absolute Gasteiger partial charge is 0.0836 e. The number of aliphatic hydroxyl groups excluding tert-OH is 1. The SMILES string of the molecule is CC(C)C1CCC(O)C(OCCC2CCC2)C1. The van der Waals surface area contributed by atoms with Gasteiger partial charge in [0.15, 0.2) is 0 Å². The van der Waals surface area contributed by atoms with Gasteiger partial charge in [0.2, 0.25) is 0 Å². The summed E-state index contributed by atoms with van der Waals surface area (Å²) in [5.41, 5.74) is 0. The summed E-state index contributed by atoms with van der Waals surface area (Å²) in [6.07, 6.45) is 8.45. The lowest BCUT2D eigenvalue weighted by Gasteiger charge is -2.35. The van der Waals surface area contributed by atoms with Crippen molar-refractivity contribution in [3.8, 4) is 0 Å². The first-order valence-corrected chi connectivity index (χ1v) is 7.46. The minimum atomic E-state index is -0.216. The van der Waals surface area contributed by atoms with Gasteiger partial charge in [-0.2, -0.15) is 0 Å². The van der Waals surface area contributed by atoms with E-state index in [1.807, 2.05) is 0 Å².